The lowest BCUT2D eigenvalue weighted by molar-refractivity contribution is -0.387. The summed E-state index contributed by atoms with van der Waals surface area (Å²) in [6.45, 7) is -0.981. The summed E-state index contributed by atoms with van der Waals surface area (Å²) in [6.07, 6.45) is 0. The van der Waals surface area contributed by atoms with Gasteiger partial charge in [-0.1, -0.05) is 11.6 Å². The Morgan fingerprint density at radius 3 is 2.71 bits per heavy atom. The lowest BCUT2D eigenvalue weighted by Gasteiger charge is -2.07. The van der Waals surface area contributed by atoms with E-state index in [-0.39, 0.29) is 18.2 Å². The number of halogens is 1. The van der Waals surface area contributed by atoms with Gasteiger partial charge in [0.2, 0.25) is 10.0 Å². The molecule has 0 unspecified atom stereocenters. The fourth-order valence-corrected chi connectivity index (χ4v) is 2.68. The second kappa shape index (κ2) is 7.31. The summed E-state index contributed by atoms with van der Waals surface area (Å²) in [5, 5.41) is 19.2. The number of nitro groups is 1. The zero-order valence-electron chi connectivity index (χ0n) is 10.5. The average molecular weight is 339 g/mol. The van der Waals surface area contributed by atoms with Gasteiger partial charge in [0.1, 0.15) is 6.61 Å². The van der Waals surface area contributed by atoms with Gasteiger partial charge in [0.15, 0.2) is 4.90 Å². The smallest absolute Gasteiger partial charge is 0.329 e. The van der Waals surface area contributed by atoms with Crippen molar-refractivity contribution in [2.75, 3.05) is 19.8 Å². The normalized spacial score (nSPS) is 11.3. The molecule has 9 nitrogen and oxygen atoms in total. The molecular formula is C10H11ClN2O7S. The molecule has 1 rings (SSSR count). The second-order valence-corrected chi connectivity index (χ2v) is 5.89. The van der Waals surface area contributed by atoms with Crippen LogP contribution in [0.3, 0.4) is 0 Å². The van der Waals surface area contributed by atoms with Crippen molar-refractivity contribution in [2.45, 2.75) is 4.90 Å². The second-order valence-electron chi connectivity index (χ2n) is 3.71. The zero-order chi connectivity index (χ0) is 16.0. The lowest BCUT2D eigenvalue weighted by atomic mass is 10.3. The van der Waals surface area contributed by atoms with Gasteiger partial charge < -0.3 is 9.84 Å². The van der Waals surface area contributed by atoms with Crippen molar-refractivity contribution in [1.29, 1.82) is 0 Å². The number of carboxylic acid groups (broad SMARTS) is 1. The van der Waals surface area contributed by atoms with Gasteiger partial charge >= 0.3 is 5.97 Å². The van der Waals surface area contributed by atoms with Gasteiger partial charge in [0.05, 0.1) is 11.5 Å². The van der Waals surface area contributed by atoms with Gasteiger partial charge in [-0.25, -0.2) is 17.9 Å². The number of hydrogen-bond acceptors (Lipinski definition) is 6. The van der Waals surface area contributed by atoms with E-state index >= 15 is 0 Å². The van der Waals surface area contributed by atoms with Gasteiger partial charge in [0, 0.05) is 17.6 Å². The molecule has 0 saturated heterocycles. The summed E-state index contributed by atoms with van der Waals surface area (Å²) < 4.78 is 30.6. The molecule has 2 N–H and O–H groups in total. The van der Waals surface area contributed by atoms with Crippen LogP contribution < -0.4 is 4.72 Å². The summed E-state index contributed by atoms with van der Waals surface area (Å²) in [4.78, 5) is 19.6. The zero-order valence-corrected chi connectivity index (χ0v) is 12.1. The quantitative estimate of drug-likeness (QED) is 0.403. The number of carboxylic acids is 1. The Bertz CT molecular complexity index is 647. The Hall–Kier alpha value is -1.75. The van der Waals surface area contributed by atoms with E-state index in [0.29, 0.717) is 0 Å². The number of sulfonamides is 1. The van der Waals surface area contributed by atoms with Crippen molar-refractivity contribution in [3.8, 4) is 0 Å². The molecule has 21 heavy (non-hydrogen) atoms. The number of ether oxygens (including phenoxy) is 1. The van der Waals surface area contributed by atoms with Gasteiger partial charge in [-0.2, -0.15) is 0 Å². The van der Waals surface area contributed by atoms with Crippen LogP contribution in [0.15, 0.2) is 23.1 Å². The van der Waals surface area contributed by atoms with Crippen LogP contribution in [0.4, 0.5) is 5.69 Å². The molecule has 116 valence electrons. The topological polar surface area (TPSA) is 136 Å². The van der Waals surface area contributed by atoms with Crippen molar-refractivity contribution in [3.63, 3.8) is 0 Å². The maximum absolute atomic E-state index is 11.9. The number of carbonyl (C=O) groups is 1. The number of aliphatic carboxylic acids is 1. The summed E-state index contributed by atoms with van der Waals surface area (Å²) in [5.74, 6) is -1.19. The maximum Gasteiger partial charge on any atom is 0.329 e. The van der Waals surface area contributed by atoms with Crippen molar-refractivity contribution in [1.82, 2.24) is 4.72 Å². The highest BCUT2D eigenvalue weighted by Crippen LogP contribution is 2.26. The van der Waals surface area contributed by atoms with Gasteiger partial charge in [0.25, 0.3) is 5.69 Å². The Morgan fingerprint density at radius 1 is 1.48 bits per heavy atom. The Kier molecular flexibility index (Phi) is 6.03. The molecule has 0 aliphatic rings. The molecule has 0 aliphatic carbocycles. The number of nitrogens with one attached hydrogen (secondary N) is 1. The molecule has 0 bridgehead atoms. The molecule has 1 aromatic rings. The molecule has 0 atom stereocenters. The first-order valence-corrected chi connectivity index (χ1v) is 7.33. The third-order valence-corrected chi connectivity index (χ3v) is 3.91. The molecular weight excluding hydrogens is 328 g/mol. The Morgan fingerprint density at radius 2 is 2.14 bits per heavy atom. The standard InChI is InChI=1S/C10H11ClN2O7S/c11-7-1-2-9(8(5-7)13(16)17)21(18,19)12-3-4-20-6-10(14)15/h1-2,5,12H,3-4,6H2,(H,14,15). The molecule has 0 fully saturated rings. The Balaban J connectivity index is 2.79. The number of hydrogen-bond donors (Lipinski definition) is 2. The number of benzene rings is 1. The van der Waals surface area contributed by atoms with Crippen LogP contribution >= 0.6 is 11.6 Å². The molecule has 1 aromatic carbocycles. The van der Waals surface area contributed by atoms with Crippen LogP contribution in [0.5, 0.6) is 0 Å². The minimum atomic E-state index is -4.13. The van der Waals surface area contributed by atoms with Gasteiger partial charge in [-0.3, -0.25) is 10.1 Å². The first-order valence-electron chi connectivity index (χ1n) is 5.47. The average Bonchev–Trinajstić information content (AvgIpc) is 2.37. The van der Waals surface area contributed by atoms with Crippen LogP contribution in [0, 0.1) is 10.1 Å². The molecule has 0 aliphatic heterocycles. The SMILES string of the molecule is O=C(O)COCCNS(=O)(=O)c1ccc(Cl)cc1[N+](=O)[O-]. The number of rotatable bonds is 8. The highest BCUT2D eigenvalue weighted by Gasteiger charge is 2.25. The summed E-state index contributed by atoms with van der Waals surface area (Å²) >= 11 is 5.59. The molecule has 0 amide bonds. The minimum absolute atomic E-state index is 0.0328. The first kappa shape index (κ1) is 17.3. The van der Waals surface area contributed by atoms with E-state index < -0.39 is 38.1 Å². The highest BCUT2D eigenvalue weighted by atomic mass is 35.5. The van der Waals surface area contributed by atoms with Crippen LogP contribution in [-0.2, 0) is 19.6 Å². The minimum Gasteiger partial charge on any atom is -0.480 e. The van der Waals surface area contributed by atoms with E-state index in [1.165, 1.54) is 6.07 Å². The van der Waals surface area contributed by atoms with E-state index in [9.17, 15) is 23.3 Å². The summed E-state index contributed by atoms with van der Waals surface area (Å²) in [7, 11) is -4.13. The third-order valence-electron chi connectivity index (χ3n) is 2.17. The van der Waals surface area contributed by atoms with Gasteiger partial charge in [-0.05, 0) is 12.1 Å². The maximum atomic E-state index is 11.9. The van der Waals surface area contributed by atoms with Crippen LogP contribution in [-0.4, -0.2) is 44.2 Å². The third kappa shape index (κ3) is 5.27. The molecule has 0 heterocycles. The predicted molar refractivity (Wildman–Crippen MR) is 71.7 cm³/mol. The van der Waals surface area contributed by atoms with Crippen molar-refractivity contribution in [3.05, 3.63) is 33.3 Å². The van der Waals surface area contributed by atoms with Crippen LogP contribution in [0.25, 0.3) is 0 Å². The van der Waals surface area contributed by atoms with E-state index in [1.807, 2.05) is 0 Å². The number of nitro benzene ring substituents is 1. The molecule has 0 spiro atoms. The van der Waals surface area contributed by atoms with Crippen molar-refractivity contribution in [2.24, 2.45) is 0 Å². The highest BCUT2D eigenvalue weighted by molar-refractivity contribution is 7.89. The summed E-state index contributed by atoms with van der Waals surface area (Å²) in [6, 6.07) is 3.15. The van der Waals surface area contributed by atoms with Crippen LogP contribution in [0.1, 0.15) is 0 Å². The lowest BCUT2D eigenvalue weighted by Crippen LogP contribution is -2.28. The van der Waals surface area contributed by atoms with E-state index in [0.717, 1.165) is 12.1 Å². The van der Waals surface area contributed by atoms with Gasteiger partial charge in [-0.15, -0.1) is 0 Å². The molecule has 11 heteroatoms. The van der Waals surface area contributed by atoms with E-state index in [4.69, 9.17) is 16.7 Å². The Labute approximate surface area is 124 Å². The monoisotopic (exact) mass is 338 g/mol. The molecule has 0 saturated carbocycles. The molecule has 0 radical (unpaired) electrons. The number of nitrogens with zero attached hydrogens (tertiary/aromatic N) is 1. The fourth-order valence-electron chi connectivity index (χ4n) is 1.35. The van der Waals surface area contributed by atoms with Crippen molar-refractivity contribution < 1.29 is 28.0 Å². The predicted octanol–water partition coefficient (Wildman–Crippen LogP) is 0.628. The fraction of sp³-hybridized carbons (Fsp3) is 0.300. The first-order chi connectivity index (χ1) is 9.74. The largest absolute Gasteiger partial charge is 0.480 e. The van der Waals surface area contributed by atoms with E-state index in [1.54, 1.807) is 0 Å². The van der Waals surface area contributed by atoms with E-state index in [2.05, 4.69) is 9.46 Å². The molecule has 0 aromatic heterocycles. The van der Waals surface area contributed by atoms with Crippen molar-refractivity contribution >= 4 is 33.3 Å². The summed E-state index contributed by atoms with van der Waals surface area (Å²) in [5.41, 5.74) is -0.651. The van der Waals surface area contributed by atoms with Crippen LogP contribution in [0.2, 0.25) is 5.02 Å².